The fourth-order valence-electron chi connectivity index (χ4n) is 4.43. The summed E-state index contributed by atoms with van der Waals surface area (Å²) in [6, 6.07) is 14.7. The summed E-state index contributed by atoms with van der Waals surface area (Å²) in [4.78, 5) is 36.5. The zero-order chi connectivity index (χ0) is 27.4. The third-order valence-corrected chi connectivity index (χ3v) is 6.51. The molecule has 10 nitrogen and oxygen atoms in total. The van der Waals surface area contributed by atoms with Gasteiger partial charge in [-0.15, -0.1) is 0 Å². The molecule has 11 heteroatoms. The van der Waals surface area contributed by atoms with Crippen molar-refractivity contribution < 1.29 is 18.5 Å². The molecule has 4 heterocycles. The lowest BCUT2D eigenvalue weighted by Gasteiger charge is -2.34. The summed E-state index contributed by atoms with van der Waals surface area (Å²) in [5, 5.41) is 18.7. The molecular weight excluding hydrogens is 501 g/mol. The molecule has 1 saturated heterocycles. The van der Waals surface area contributed by atoms with Crippen LogP contribution >= 0.6 is 0 Å². The van der Waals surface area contributed by atoms with E-state index in [1.807, 2.05) is 11.0 Å². The standard InChI is InChI=1S/C28H24FN7O3/c1-17-23(15-30)28(39-35-17)34-27(38)22-6-3-11-31-25(22)36-12-9-21(10-13-36)33-26(37)19-7-8-24(32-16-19)18-4-2-5-20(29)14-18/h2-8,11,14,16,21H,9-10,12-13H2,1H3,(H,33,37)(H,34,38). The lowest BCUT2D eigenvalue weighted by atomic mass is 10.0. The minimum atomic E-state index is -0.463. The van der Waals surface area contributed by atoms with Gasteiger partial charge in [0.1, 0.15) is 29.0 Å². The molecule has 0 spiro atoms. The van der Waals surface area contributed by atoms with Gasteiger partial charge in [0.2, 0.25) is 5.88 Å². The Morgan fingerprint density at radius 2 is 1.92 bits per heavy atom. The molecule has 0 radical (unpaired) electrons. The van der Waals surface area contributed by atoms with E-state index in [1.54, 1.807) is 49.5 Å². The van der Waals surface area contributed by atoms with Crippen molar-refractivity contribution in [3.05, 3.63) is 89.1 Å². The van der Waals surface area contributed by atoms with E-state index in [2.05, 4.69) is 25.8 Å². The number of benzene rings is 1. The van der Waals surface area contributed by atoms with Gasteiger partial charge in [0.25, 0.3) is 11.8 Å². The molecule has 0 bridgehead atoms. The van der Waals surface area contributed by atoms with E-state index >= 15 is 0 Å². The zero-order valence-electron chi connectivity index (χ0n) is 21.0. The highest BCUT2D eigenvalue weighted by Gasteiger charge is 2.26. The lowest BCUT2D eigenvalue weighted by Crippen LogP contribution is -2.45. The van der Waals surface area contributed by atoms with Crippen molar-refractivity contribution in [1.82, 2.24) is 20.4 Å². The van der Waals surface area contributed by atoms with Gasteiger partial charge < -0.3 is 14.7 Å². The van der Waals surface area contributed by atoms with Crippen molar-refractivity contribution in [1.29, 1.82) is 5.26 Å². The van der Waals surface area contributed by atoms with Crippen LogP contribution in [0.1, 0.15) is 44.8 Å². The Hall–Kier alpha value is -5.11. The van der Waals surface area contributed by atoms with Crippen LogP contribution in [0.5, 0.6) is 0 Å². The molecule has 196 valence electrons. The molecule has 3 aromatic heterocycles. The van der Waals surface area contributed by atoms with Crippen LogP contribution in [0.2, 0.25) is 0 Å². The number of rotatable bonds is 6. The van der Waals surface area contributed by atoms with Crippen molar-refractivity contribution in [2.24, 2.45) is 0 Å². The van der Waals surface area contributed by atoms with E-state index in [4.69, 9.17) is 4.52 Å². The molecule has 1 aromatic carbocycles. The first kappa shape index (κ1) is 25.5. The lowest BCUT2D eigenvalue weighted by molar-refractivity contribution is 0.0930. The van der Waals surface area contributed by atoms with Crippen LogP contribution in [0, 0.1) is 24.1 Å². The Morgan fingerprint density at radius 3 is 2.64 bits per heavy atom. The van der Waals surface area contributed by atoms with Crippen molar-refractivity contribution in [2.45, 2.75) is 25.8 Å². The minimum absolute atomic E-state index is 0.00493. The number of aryl methyl sites for hydroxylation is 1. The van der Waals surface area contributed by atoms with Gasteiger partial charge in [-0.3, -0.25) is 19.9 Å². The van der Waals surface area contributed by atoms with E-state index in [0.717, 1.165) is 0 Å². The van der Waals surface area contributed by atoms with Gasteiger partial charge in [-0.05, 0) is 56.2 Å². The maximum Gasteiger partial charge on any atom is 0.261 e. The average molecular weight is 526 g/mol. The van der Waals surface area contributed by atoms with Crippen LogP contribution in [0.3, 0.4) is 0 Å². The zero-order valence-corrected chi connectivity index (χ0v) is 21.0. The number of piperidine rings is 1. The van der Waals surface area contributed by atoms with Gasteiger partial charge in [0.05, 0.1) is 16.8 Å². The first-order valence-electron chi connectivity index (χ1n) is 12.3. The number of carbonyl (C=O) groups is 2. The molecule has 1 aliphatic rings. The van der Waals surface area contributed by atoms with E-state index in [9.17, 15) is 19.2 Å². The number of halogens is 1. The Labute approximate surface area is 223 Å². The second kappa shape index (κ2) is 11.1. The maximum atomic E-state index is 13.5. The van der Waals surface area contributed by atoms with E-state index in [-0.39, 0.29) is 29.2 Å². The second-order valence-corrected chi connectivity index (χ2v) is 9.09. The highest BCUT2D eigenvalue weighted by Crippen LogP contribution is 2.25. The number of anilines is 2. The fourth-order valence-corrected chi connectivity index (χ4v) is 4.43. The third kappa shape index (κ3) is 5.60. The van der Waals surface area contributed by atoms with E-state index in [1.165, 1.54) is 18.3 Å². The number of aromatic nitrogens is 3. The third-order valence-electron chi connectivity index (χ3n) is 6.51. The molecule has 39 heavy (non-hydrogen) atoms. The smallest absolute Gasteiger partial charge is 0.261 e. The van der Waals surface area contributed by atoms with Crippen LogP contribution in [-0.4, -0.2) is 46.1 Å². The highest BCUT2D eigenvalue weighted by atomic mass is 19.1. The predicted octanol–water partition coefficient (Wildman–Crippen LogP) is 4.10. The van der Waals surface area contributed by atoms with Gasteiger partial charge in [0, 0.05) is 37.1 Å². The molecule has 2 N–H and O–H groups in total. The second-order valence-electron chi connectivity index (χ2n) is 9.09. The molecule has 0 atom stereocenters. The molecule has 4 aromatic rings. The molecule has 2 amide bonds. The van der Waals surface area contributed by atoms with Crippen LogP contribution in [0.25, 0.3) is 11.3 Å². The number of hydrogen-bond acceptors (Lipinski definition) is 8. The highest BCUT2D eigenvalue weighted by molar-refractivity contribution is 6.07. The number of pyridine rings is 2. The quantitative estimate of drug-likeness (QED) is 0.384. The SMILES string of the molecule is Cc1noc(NC(=O)c2cccnc2N2CCC(NC(=O)c3ccc(-c4cccc(F)c4)nc3)CC2)c1C#N. The summed E-state index contributed by atoms with van der Waals surface area (Å²) in [6.45, 7) is 2.77. The van der Waals surface area contributed by atoms with Crippen LogP contribution in [0.15, 0.2) is 65.4 Å². The summed E-state index contributed by atoms with van der Waals surface area (Å²) >= 11 is 0. The number of nitriles is 1. The summed E-state index contributed by atoms with van der Waals surface area (Å²) in [5.41, 5.74) is 2.53. The van der Waals surface area contributed by atoms with E-state index < -0.39 is 5.91 Å². The number of nitrogens with zero attached hydrogens (tertiary/aromatic N) is 5. The van der Waals surface area contributed by atoms with Gasteiger partial charge in [0.15, 0.2) is 0 Å². The monoisotopic (exact) mass is 525 g/mol. The summed E-state index contributed by atoms with van der Waals surface area (Å²) in [5.74, 6) is -0.545. The minimum Gasteiger partial charge on any atom is -0.356 e. The average Bonchev–Trinajstić information content (AvgIpc) is 3.32. The molecule has 1 aliphatic heterocycles. The first-order chi connectivity index (χ1) is 18.9. The van der Waals surface area contributed by atoms with Crippen LogP contribution in [0.4, 0.5) is 16.1 Å². The molecule has 5 rings (SSSR count). The summed E-state index contributed by atoms with van der Waals surface area (Å²) < 4.78 is 18.6. The largest absolute Gasteiger partial charge is 0.356 e. The van der Waals surface area contributed by atoms with Gasteiger partial charge >= 0.3 is 0 Å². The van der Waals surface area contributed by atoms with Crippen LogP contribution in [-0.2, 0) is 0 Å². The number of carbonyl (C=O) groups excluding carboxylic acids is 2. The molecule has 1 fully saturated rings. The molecule has 0 aliphatic carbocycles. The summed E-state index contributed by atoms with van der Waals surface area (Å²) in [7, 11) is 0. The number of amides is 2. The molecular formula is C28H24FN7O3. The first-order valence-corrected chi connectivity index (χ1v) is 12.3. The van der Waals surface area contributed by atoms with Crippen molar-refractivity contribution in [2.75, 3.05) is 23.3 Å². The Balaban J connectivity index is 1.20. The number of hydrogen-bond donors (Lipinski definition) is 2. The van der Waals surface area contributed by atoms with Gasteiger partial charge in [-0.2, -0.15) is 5.26 Å². The van der Waals surface area contributed by atoms with Gasteiger partial charge in [-0.25, -0.2) is 9.37 Å². The normalized spacial score (nSPS) is 13.5. The summed E-state index contributed by atoms with van der Waals surface area (Å²) in [6.07, 6.45) is 4.40. The number of nitrogens with one attached hydrogen (secondary N) is 2. The van der Waals surface area contributed by atoms with E-state index in [0.29, 0.717) is 59.8 Å². The van der Waals surface area contributed by atoms with Gasteiger partial charge in [-0.1, -0.05) is 17.3 Å². The predicted molar refractivity (Wildman–Crippen MR) is 140 cm³/mol. The maximum absolute atomic E-state index is 13.5. The Kier molecular flexibility index (Phi) is 7.27. The van der Waals surface area contributed by atoms with Crippen molar-refractivity contribution in [3.63, 3.8) is 0 Å². The fraction of sp³-hybridized carbons (Fsp3) is 0.214. The molecule has 0 saturated carbocycles. The van der Waals surface area contributed by atoms with Crippen molar-refractivity contribution >= 4 is 23.5 Å². The van der Waals surface area contributed by atoms with Crippen LogP contribution < -0.4 is 15.5 Å². The Morgan fingerprint density at radius 1 is 1.10 bits per heavy atom. The topological polar surface area (TPSA) is 137 Å². The van der Waals surface area contributed by atoms with Crippen molar-refractivity contribution in [3.8, 4) is 17.3 Å². The Bertz CT molecular complexity index is 1550. The molecule has 0 unspecified atom stereocenters.